The van der Waals surface area contributed by atoms with Gasteiger partial charge in [0.05, 0.1) is 23.3 Å². The number of aliphatic hydroxyl groups excluding tert-OH is 1. The molecule has 8 heteroatoms. The summed E-state index contributed by atoms with van der Waals surface area (Å²) in [7, 11) is -3.65. The van der Waals surface area contributed by atoms with E-state index in [4.69, 9.17) is 11.3 Å². The molecular weight excluding hydrogens is 335 g/mol. The molecule has 24 heavy (non-hydrogen) atoms. The second-order valence-corrected chi connectivity index (χ2v) is 7.12. The molecule has 0 saturated heterocycles. The van der Waals surface area contributed by atoms with E-state index < -0.39 is 27.5 Å². The quantitative estimate of drug-likeness (QED) is 0.846. The zero-order chi connectivity index (χ0) is 17.5. The van der Waals surface area contributed by atoms with Crippen molar-refractivity contribution in [3.8, 4) is 17.6 Å². The van der Waals surface area contributed by atoms with Gasteiger partial charge in [0.2, 0.25) is 0 Å². The summed E-state index contributed by atoms with van der Waals surface area (Å²) in [6.07, 6.45) is -1.32. The molecule has 0 amide bonds. The number of hydrogen-bond acceptors (Lipinski definition) is 5. The van der Waals surface area contributed by atoms with Crippen molar-refractivity contribution >= 4 is 15.5 Å². The lowest BCUT2D eigenvalue weighted by molar-refractivity contribution is 0.203. The predicted octanol–water partition coefficient (Wildman–Crippen LogP) is 2.86. The standard InChI is InChI=1S/C16H9FN2O4S/c1-19-10-4-9(17)5-11(6-10)23-14-2-3-15-16(12(14)7-18)13(20)8-24(15,21)22/h2-6,13,20H,8H2/t13-/m0/s1. The first-order valence-electron chi connectivity index (χ1n) is 6.69. The highest BCUT2D eigenvalue weighted by molar-refractivity contribution is 7.91. The average molecular weight is 344 g/mol. The molecule has 1 aliphatic heterocycles. The van der Waals surface area contributed by atoms with Crippen molar-refractivity contribution in [3.63, 3.8) is 0 Å². The van der Waals surface area contributed by atoms with Crippen molar-refractivity contribution in [2.45, 2.75) is 11.0 Å². The van der Waals surface area contributed by atoms with Gasteiger partial charge in [0.1, 0.15) is 28.9 Å². The highest BCUT2D eigenvalue weighted by atomic mass is 32.2. The fourth-order valence-electron chi connectivity index (χ4n) is 2.56. The van der Waals surface area contributed by atoms with E-state index in [1.165, 1.54) is 18.2 Å². The minimum atomic E-state index is -3.65. The number of sulfone groups is 1. The van der Waals surface area contributed by atoms with Gasteiger partial charge in [0.15, 0.2) is 15.5 Å². The largest absolute Gasteiger partial charge is 0.457 e. The van der Waals surface area contributed by atoms with Crippen LogP contribution < -0.4 is 4.74 Å². The SMILES string of the molecule is [C-]#[N+]c1cc(F)cc(Oc2ccc3c(c2C#N)[C@@H](O)CS3(=O)=O)c1. The molecule has 0 aromatic heterocycles. The number of aliphatic hydroxyl groups is 1. The first-order chi connectivity index (χ1) is 11.4. The van der Waals surface area contributed by atoms with Crippen molar-refractivity contribution in [1.82, 2.24) is 0 Å². The molecule has 1 N–H and O–H groups in total. The molecule has 6 nitrogen and oxygen atoms in total. The molecule has 1 heterocycles. The van der Waals surface area contributed by atoms with Gasteiger partial charge in [-0.25, -0.2) is 17.7 Å². The summed E-state index contributed by atoms with van der Waals surface area (Å²) < 4.78 is 42.8. The number of nitrogens with zero attached hydrogens (tertiary/aromatic N) is 2. The van der Waals surface area contributed by atoms with Gasteiger partial charge in [-0.05, 0) is 24.3 Å². The van der Waals surface area contributed by atoms with E-state index in [0.29, 0.717) is 0 Å². The van der Waals surface area contributed by atoms with Gasteiger partial charge in [-0.1, -0.05) is 0 Å². The Hall–Kier alpha value is -2.94. The van der Waals surface area contributed by atoms with Crippen LogP contribution >= 0.6 is 0 Å². The van der Waals surface area contributed by atoms with Crippen LogP contribution in [0.15, 0.2) is 35.2 Å². The Morgan fingerprint density at radius 3 is 2.79 bits per heavy atom. The van der Waals surface area contributed by atoms with Gasteiger partial charge in [-0.15, -0.1) is 0 Å². The average Bonchev–Trinajstić information content (AvgIpc) is 2.76. The molecule has 0 bridgehead atoms. The van der Waals surface area contributed by atoms with Crippen molar-refractivity contribution in [2.75, 3.05) is 5.75 Å². The summed E-state index contributed by atoms with van der Waals surface area (Å²) in [5.41, 5.74) is -0.126. The van der Waals surface area contributed by atoms with Crippen molar-refractivity contribution in [3.05, 3.63) is 58.7 Å². The zero-order valence-electron chi connectivity index (χ0n) is 12.0. The maximum Gasteiger partial charge on any atom is 0.193 e. The van der Waals surface area contributed by atoms with E-state index in [2.05, 4.69) is 4.85 Å². The molecule has 0 aliphatic carbocycles. The number of nitriles is 1. The molecule has 120 valence electrons. The van der Waals surface area contributed by atoms with E-state index in [1.54, 1.807) is 0 Å². The molecule has 1 aliphatic rings. The Morgan fingerprint density at radius 1 is 1.38 bits per heavy atom. The summed E-state index contributed by atoms with van der Waals surface area (Å²) in [6.45, 7) is 6.92. The third-order valence-corrected chi connectivity index (χ3v) is 5.32. The molecule has 0 unspecified atom stereocenters. The predicted molar refractivity (Wildman–Crippen MR) is 80.9 cm³/mol. The maximum absolute atomic E-state index is 13.5. The van der Waals surface area contributed by atoms with Crippen LogP contribution in [0, 0.1) is 23.7 Å². The van der Waals surface area contributed by atoms with Crippen LogP contribution in [0.3, 0.4) is 0 Å². The van der Waals surface area contributed by atoms with Crippen molar-refractivity contribution in [2.24, 2.45) is 0 Å². The van der Waals surface area contributed by atoms with Crippen LogP contribution in [0.1, 0.15) is 17.2 Å². The Morgan fingerprint density at radius 2 is 2.12 bits per heavy atom. The zero-order valence-corrected chi connectivity index (χ0v) is 12.8. The number of rotatable bonds is 2. The van der Waals surface area contributed by atoms with Gasteiger partial charge < -0.3 is 9.84 Å². The Bertz CT molecular complexity index is 1040. The summed E-state index contributed by atoms with van der Waals surface area (Å²) in [5, 5.41) is 19.3. The van der Waals surface area contributed by atoms with E-state index in [-0.39, 0.29) is 33.2 Å². The van der Waals surface area contributed by atoms with E-state index >= 15 is 0 Å². The third kappa shape index (κ3) is 2.58. The number of halogens is 1. The number of ether oxygens (including phenoxy) is 1. The smallest absolute Gasteiger partial charge is 0.193 e. The number of hydrogen-bond donors (Lipinski definition) is 1. The van der Waals surface area contributed by atoms with E-state index in [0.717, 1.165) is 12.1 Å². The lowest BCUT2D eigenvalue weighted by atomic mass is 10.0. The molecule has 0 spiro atoms. The normalized spacial score (nSPS) is 17.6. The lowest BCUT2D eigenvalue weighted by Crippen LogP contribution is -2.02. The molecule has 0 radical (unpaired) electrons. The highest BCUT2D eigenvalue weighted by Crippen LogP contribution is 2.40. The minimum Gasteiger partial charge on any atom is -0.457 e. The van der Waals surface area contributed by atoms with Gasteiger partial charge in [0, 0.05) is 11.6 Å². The first kappa shape index (κ1) is 15.9. The van der Waals surface area contributed by atoms with Gasteiger partial charge in [-0.3, -0.25) is 0 Å². The molecule has 3 rings (SSSR count). The van der Waals surface area contributed by atoms with Crippen molar-refractivity contribution in [1.29, 1.82) is 5.26 Å². The van der Waals surface area contributed by atoms with Crippen molar-refractivity contribution < 1.29 is 22.7 Å². The van der Waals surface area contributed by atoms with Gasteiger partial charge >= 0.3 is 0 Å². The van der Waals surface area contributed by atoms with Crippen LogP contribution in [-0.4, -0.2) is 19.3 Å². The second-order valence-electron chi connectivity index (χ2n) is 5.12. The maximum atomic E-state index is 13.5. The summed E-state index contributed by atoms with van der Waals surface area (Å²) in [6, 6.07) is 7.70. The molecule has 1 atom stereocenters. The van der Waals surface area contributed by atoms with Crippen LogP contribution in [0.4, 0.5) is 10.1 Å². The summed E-state index contributed by atoms with van der Waals surface area (Å²) >= 11 is 0. The summed E-state index contributed by atoms with van der Waals surface area (Å²) in [4.78, 5) is 3.00. The van der Waals surface area contributed by atoms with Crippen LogP contribution in [0.2, 0.25) is 0 Å². The van der Waals surface area contributed by atoms with Gasteiger partial charge in [-0.2, -0.15) is 5.26 Å². The summed E-state index contributed by atoms with van der Waals surface area (Å²) in [5.74, 6) is -1.20. The minimum absolute atomic E-state index is 0.00667. The van der Waals surface area contributed by atoms with Crippen LogP contribution in [0.25, 0.3) is 4.85 Å². The number of fused-ring (bicyclic) bond motifs is 1. The highest BCUT2D eigenvalue weighted by Gasteiger charge is 2.37. The first-order valence-corrected chi connectivity index (χ1v) is 8.34. The topological polar surface area (TPSA) is 91.8 Å². The Kier molecular flexibility index (Phi) is 3.72. The molecule has 2 aromatic rings. The second kappa shape index (κ2) is 5.60. The van der Waals surface area contributed by atoms with Gasteiger partial charge in [0.25, 0.3) is 0 Å². The monoisotopic (exact) mass is 344 g/mol. The Labute approximate surface area is 137 Å². The number of benzene rings is 2. The van der Waals surface area contributed by atoms with Crippen LogP contribution in [-0.2, 0) is 9.84 Å². The lowest BCUT2D eigenvalue weighted by Gasteiger charge is -2.12. The molecule has 0 saturated carbocycles. The van der Waals surface area contributed by atoms with Crippen LogP contribution in [0.5, 0.6) is 11.5 Å². The fraction of sp³-hybridized carbons (Fsp3) is 0.125. The Balaban J connectivity index is 2.12. The van der Waals surface area contributed by atoms with E-state index in [1.807, 2.05) is 6.07 Å². The van der Waals surface area contributed by atoms with E-state index in [9.17, 15) is 23.2 Å². The molecular formula is C16H9FN2O4S. The third-order valence-electron chi connectivity index (χ3n) is 3.54. The molecule has 2 aromatic carbocycles. The molecule has 0 fully saturated rings. The fourth-order valence-corrected chi connectivity index (χ4v) is 4.17.